The number of Topliss-reactive ketones (excluding diaryl/α,β-unsaturated/α-hetero) is 1. The van der Waals surface area contributed by atoms with Crippen LogP contribution in [0, 0.1) is 0 Å². The molecule has 0 radical (unpaired) electrons. The normalized spacial score (nSPS) is 25.1. The van der Waals surface area contributed by atoms with E-state index in [1.807, 2.05) is 0 Å². The lowest BCUT2D eigenvalue weighted by molar-refractivity contribution is -0.122. The number of thioether (sulfide) groups is 1. The van der Waals surface area contributed by atoms with Gasteiger partial charge < -0.3 is 4.74 Å². The predicted molar refractivity (Wildman–Crippen MR) is 42.4 cm³/mol. The van der Waals surface area contributed by atoms with Crippen molar-refractivity contribution >= 4 is 17.5 Å². The summed E-state index contributed by atoms with van der Waals surface area (Å²) < 4.78 is 4.75. The van der Waals surface area contributed by atoms with Crippen molar-refractivity contribution in [2.24, 2.45) is 0 Å². The van der Waals surface area contributed by atoms with Gasteiger partial charge in [0.25, 0.3) is 0 Å². The fourth-order valence-electron chi connectivity index (χ4n) is 1.07. The molecule has 1 rings (SSSR count). The van der Waals surface area contributed by atoms with E-state index in [0.29, 0.717) is 0 Å². The summed E-state index contributed by atoms with van der Waals surface area (Å²) in [6.45, 7) is 0.289. The molecule has 1 unspecified atom stereocenters. The standard InChI is InChI=1S/C7H12O2S/c1-9-5-6(8)7-3-2-4-10-7/h7H,2-5H2,1H3. The number of carbonyl (C=O) groups excluding carboxylic acids is 1. The van der Waals surface area contributed by atoms with Crippen LogP contribution < -0.4 is 0 Å². The van der Waals surface area contributed by atoms with Gasteiger partial charge in [-0.2, -0.15) is 11.8 Å². The van der Waals surface area contributed by atoms with Crippen molar-refractivity contribution in [1.82, 2.24) is 0 Å². The molecule has 1 aliphatic rings. The molecule has 1 atom stereocenters. The topological polar surface area (TPSA) is 26.3 Å². The van der Waals surface area contributed by atoms with Crippen molar-refractivity contribution in [1.29, 1.82) is 0 Å². The van der Waals surface area contributed by atoms with Gasteiger partial charge in [0.1, 0.15) is 6.61 Å². The van der Waals surface area contributed by atoms with Gasteiger partial charge in [0, 0.05) is 7.11 Å². The Morgan fingerprint density at radius 3 is 3.10 bits per heavy atom. The Morgan fingerprint density at radius 2 is 2.60 bits per heavy atom. The van der Waals surface area contributed by atoms with Crippen molar-refractivity contribution in [3.8, 4) is 0 Å². The summed E-state index contributed by atoms with van der Waals surface area (Å²) in [6.07, 6.45) is 2.23. The van der Waals surface area contributed by atoms with E-state index >= 15 is 0 Å². The molecule has 0 N–H and O–H groups in total. The van der Waals surface area contributed by atoms with Crippen LogP contribution in [0.5, 0.6) is 0 Å². The minimum atomic E-state index is 0.236. The van der Waals surface area contributed by atoms with Crippen LogP contribution in [-0.2, 0) is 9.53 Å². The number of ether oxygens (including phenoxy) is 1. The van der Waals surface area contributed by atoms with Gasteiger partial charge in [-0.05, 0) is 18.6 Å². The van der Waals surface area contributed by atoms with Gasteiger partial charge in [-0.25, -0.2) is 0 Å². The zero-order chi connectivity index (χ0) is 7.40. The summed E-state index contributed by atoms with van der Waals surface area (Å²) >= 11 is 1.76. The van der Waals surface area contributed by atoms with Gasteiger partial charge in [0.05, 0.1) is 5.25 Å². The van der Waals surface area contributed by atoms with Crippen molar-refractivity contribution in [2.75, 3.05) is 19.5 Å². The van der Waals surface area contributed by atoms with Crippen molar-refractivity contribution in [3.63, 3.8) is 0 Å². The van der Waals surface area contributed by atoms with E-state index in [0.717, 1.165) is 12.2 Å². The van der Waals surface area contributed by atoms with Crippen molar-refractivity contribution in [3.05, 3.63) is 0 Å². The maximum Gasteiger partial charge on any atom is 0.171 e. The smallest absolute Gasteiger partial charge is 0.171 e. The second kappa shape index (κ2) is 3.98. The quantitative estimate of drug-likeness (QED) is 0.618. The molecule has 0 aromatic rings. The van der Waals surface area contributed by atoms with Crippen LogP contribution in [0.3, 0.4) is 0 Å². The first-order valence-electron chi connectivity index (χ1n) is 3.48. The zero-order valence-electron chi connectivity index (χ0n) is 6.13. The molecule has 1 aliphatic heterocycles. The Labute approximate surface area is 65.3 Å². The summed E-state index contributed by atoms with van der Waals surface area (Å²) in [5, 5.41) is 0.236. The first-order chi connectivity index (χ1) is 4.84. The molecule has 0 spiro atoms. The lowest BCUT2D eigenvalue weighted by atomic mass is 10.2. The van der Waals surface area contributed by atoms with Gasteiger partial charge in [-0.15, -0.1) is 0 Å². The molecule has 1 saturated heterocycles. The minimum Gasteiger partial charge on any atom is -0.377 e. The molecule has 3 heteroatoms. The SMILES string of the molecule is COCC(=O)C1CCCS1. The average molecular weight is 160 g/mol. The molecule has 1 fully saturated rings. The van der Waals surface area contributed by atoms with Crippen molar-refractivity contribution < 1.29 is 9.53 Å². The maximum atomic E-state index is 11.1. The summed E-state index contributed by atoms with van der Waals surface area (Å²) in [6, 6.07) is 0. The highest BCUT2D eigenvalue weighted by Gasteiger charge is 2.22. The lowest BCUT2D eigenvalue weighted by Gasteiger charge is -2.04. The van der Waals surface area contributed by atoms with Crippen LogP contribution in [0.2, 0.25) is 0 Å². The van der Waals surface area contributed by atoms with Gasteiger partial charge >= 0.3 is 0 Å². The molecule has 0 amide bonds. The molecule has 0 aromatic carbocycles. The first-order valence-corrected chi connectivity index (χ1v) is 4.52. The molecular formula is C7H12O2S. The third-order valence-electron chi connectivity index (χ3n) is 1.58. The number of rotatable bonds is 3. The number of methoxy groups -OCH3 is 1. The number of hydrogen-bond acceptors (Lipinski definition) is 3. The van der Waals surface area contributed by atoms with E-state index < -0.39 is 0 Å². The lowest BCUT2D eigenvalue weighted by Crippen LogP contribution is -2.18. The van der Waals surface area contributed by atoms with Gasteiger partial charge in [0.15, 0.2) is 5.78 Å². The van der Waals surface area contributed by atoms with Crippen LogP contribution in [-0.4, -0.2) is 30.5 Å². The van der Waals surface area contributed by atoms with Crippen molar-refractivity contribution in [2.45, 2.75) is 18.1 Å². The average Bonchev–Trinajstić information content (AvgIpc) is 2.38. The Balaban J connectivity index is 2.25. The summed E-state index contributed by atoms with van der Waals surface area (Å²) in [5.41, 5.74) is 0. The number of carbonyl (C=O) groups is 1. The molecule has 0 saturated carbocycles. The highest BCUT2D eigenvalue weighted by Crippen LogP contribution is 2.26. The van der Waals surface area contributed by atoms with Crippen LogP contribution in [0.4, 0.5) is 0 Å². The Hall–Kier alpha value is -0.0200. The summed E-state index contributed by atoms with van der Waals surface area (Å²) in [5.74, 6) is 1.39. The van der Waals surface area contributed by atoms with E-state index in [2.05, 4.69) is 0 Å². The van der Waals surface area contributed by atoms with Gasteiger partial charge in [0.2, 0.25) is 0 Å². The molecule has 0 aromatic heterocycles. The first kappa shape index (κ1) is 8.08. The predicted octanol–water partition coefficient (Wildman–Crippen LogP) is 1.10. The molecule has 58 valence electrons. The van der Waals surface area contributed by atoms with Gasteiger partial charge in [-0.1, -0.05) is 0 Å². The molecule has 1 heterocycles. The van der Waals surface area contributed by atoms with Crippen LogP contribution >= 0.6 is 11.8 Å². The highest BCUT2D eigenvalue weighted by atomic mass is 32.2. The third kappa shape index (κ3) is 1.99. The van der Waals surface area contributed by atoms with E-state index in [1.54, 1.807) is 18.9 Å². The summed E-state index contributed by atoms with van der Waals surface area (Å²) in [4.78, 5) is 11.1. The summed E-state index contributed by atoms with van der Waals surface area (Å²) in [7, 11) is 1.57. The Bertz CT molecular complexity index is 119. The second-order valence-corrected chi connectivity index (χ2v) is 3.71. The third-order valence-corrected chi connectivity index (χ3v) is 3.00. The Morgan fingerprint density at radius 1 is 1.80 bits per heavy atom. The maximum absolute atomic E-state index is 11.1. The van der Waals surface area contributed by atoms with Gasteiger partial charge in [-0.3, -0.25) is 4.79 Å². The molecular weight excluding hydrogens is 148 g/mol. The highest BCUT2D eigenvalue weighted by molar-refractivity contribution is 8.00. The molecule has 10 heavy (non-hydrogen) atoms. The number of hydrogen-bond donors (Lipinski definition) is 0. The van der Waals surface area contributed by atoms with E-state index in [9.17, 15) is 4.79 Å². The minimum absolute atomic E-state index is 0.236. The fraction of sp³-hybridized carbons (Fsp3) is 0.857. The molecule has 0 aliphatic carbocycles. The molecule has 2 nitrogen and oxygen atoms in total. The largest absolute Gasteiger partial charge is 0.377 e. The zero-order valence-corrected chi connectivity index (χ0v) is 6.95. The van der Waals surface area contributed by atoms with E-state index in [4.69, 9.17) is 4.74 Å². The second-order valence-electron chi connectivity index (χ2n) is 2.40. The van der Waals surface area contributed by atoms with Crippen LogP contribution in [0.1, 0.15) is 12.8 Å². The van der Waals surface area contributed by atoms with E-state index in [-0.39, 0.29) is 17.6 Å². The number of ketones is 1. The van der Waals surface area contributed by atoms with Crippen LogP contribution in [0.15, 0.2) is 0 Å². The molecule has 0 bridgehead atoms. The monoisotopic (exact) mass is 160 g/mol. The van der Waals surface area contributed by atoms with E-state index in [1.165, 1.54) is 6.42 Å². The fourth-order valence-corrected chi connectivity index (χ4v) is 2.27. The van der Waals surface area contributed by atoms with Crippen LogP contribution in [0.25, 0.3) is 0 Å². The Kier molecular flexibility index (Phi) is 3.22.